The molecule has 1 atom stereocenters. The summed E-state index contributed by atoms with van der Waals surface area (Å²) in [7, 11) is 1.65. The van der Waals surface area contributed by atoms with E-state index in [0.717, 1.165) is 36.3 Å². The van der Waals surface area contributed by atoms with E-state index in [1.54, 1.807) is 7.11 Å². The first-order chi connectivity index (χ1) is 14.2. The fourth-order valence-electron chi connectivity index (χ4n) is 3.97. The molecule has 0 aliphatic carbocycles. The van der Waals surface area contributed by atoms with Crippen molar-refractivity contribution in [1.29, 1.82) is 0 Å². The van der Waals surface area contributed by atoms with Crippen molar-refractivity contribution in [2.75, 3.05) is 13.7 Å². The largest absolute Gasteiger partial charge is 0.497 e. The van der Waals surface area contributed by atoms with Gasteiger partial charge in [0.2, 0.25) is 0 Å². The highest BCUT2D eigenvalue weighted by molar-refractivity contribution is 6.00. The first kappa shape index (κ1) is 19.2. The van der Waals surface area contributed by atoms with Gasteiger partial charge in [-0.15, -0.1) is 0 Å². The lowest BCUT2D eigenvalue weighted by Crippen LogP contribution is -2.42. The molecule has 5 heteroatoms. The lowest BCUT2D eigenvalue weighted by Gasteiger charge is -2.33. The smallest absolute Gasteiger partial charge is 0.257 e. The third kappa shape index (κ3) is 4.19. The van der Waals surface area contributed by atoms with Crippen molar-refractivity contribution in [1.82, 2.24) is 14.7 Å². The highest BCUT2D eigenvalue weighted by atomic mass is 16.5. The number of rotatable bonds is 5. The molecule has 2 aromatic carbocycles. The normalized spacial score (nSPS) is 16.6. The average molecular weight is 389 g/mol. The minimum absolute atomic E-state index is 0.0642. The molecule has 0 bridgehead atoms. The van der Waals surface area contributed by atoms with Gasteiger partial charge in [-0.05, 0) is 43.9 Å². The molecule has 3 aromatic rings. The number of amides is 1. The summed E-state index contributed by atoms with van der Waals surface area (Å²) in [4.78, 5) is 15.5. The molecule has 0 spiro atoms. The van der Waals surface area contributed by atoms with Gasteiger partial charge in [-0.25, -0.2) is 0 Å². The van der Waals surface area contributed by atoms with Crippen molar-refractivity contribution in [2.24, 2.45) is 0 Å². The summed E-state index contributed by atoms with van der Waals surface area (Å²) in [5.74, 6) is 0.819. The Balaban J connectivity index is 1.73. The van der Waals surface area contributed by atoms with E-state index in [9.17, 15) is 4.79 Å². The number of piperidine rings is 1. The molecule has 2 heterocycles. The fourth-order valence-corrected chi connectivity index (χ4v) is 3.97. The number of aromatic nitrogens is 2. The molecule has 0 radical (unpaired) electrons. The van der Waals surface area contributed by atoms with Gasteiger partial charge in [0.05, 0.1) is 19.2 Å². The molecule has 1 unspecified atom stereocenters. The summed E-state index contributed by atoms with van der Waals surface area (Å²) in [5.41, 5.74) is 3.41. The van der Waals surface area contributed by atoms with Gasteiger partial charge < -0.3 is 9.64 Å². The molecule has 1 fully saturated rings. The van der Waals surface area contributed by atoms with E-state index < -0.39 is 0 Å². The van der Waals surface area contributed by atoms with Crippen LogP contribution in [0, 0.1) is 0 Å². The SMILES string of the molecule is COc1cccc(-c2nn(Cc3ccccc3)cc2C(=O)N2CCCCC2C)c1. The molecule has 5 nitrogen and oxygen atoms in total. The van der Waals surface area contributed by atoms with Crippen LogP contribution < -0.4 is 4.74 Å². The van der Waals surface area contributed by atoms with E-state index in [0.29, 0.717) is 17.8 Å². The van der Waals surface area contributed by atoms with Crippen LogP contribution in [0.5, 0.6) is 5.75 Å². The Morgan fingerprint density at radius 1 is 1.14 bits per heavy atom. The van der Waals surface area contributed by atoms with Gasteiger partial charge in [-0.1, -0.05) is 42.5 Å². The zero-order chi connectivity index (χ0) is 20.2. The topological polar surface area (TPSA) is 47.4 Å². The van der Waals surface area contributed by atoms with Crippen LogP contribution in [0.2, 0.25) is 0 Å². The Morgan fingerprint density at radius 2 is 1.97 bits per heavy atom. The van der Waals surface area contributed by atoms with Gasteiger partial charge in [-0.3, -0.25) is 9.48 Å². The summed E-state index contributed by atoms with van der Waals surface area (Å²) in [6.07, 6.45) is 5.19. The number of likely N-dealkylation sites (tertiary alicyclic amines) is 1. The molecule has 1 aliphatic heterocycles. The minimum Gasteiger partial charge on any atom is -0.497 e. The molecule has 1 aromatic heterocycles. The van der Waals surface area contributed by atoms with E-state index in [1.807, 2.05) is 58.2 Å². The Labute approximate surface area is 171 Å². The minimum atomic E-state index is 0.0642. The highest BCUT2D eigenvalue weighted by Crippen LogP contribution is 2.29. The molecular formula is C24H27N3O2. The Morgan fingerprint density at radius 3 is 2.72 bits per heavy atom. The summed E-state index contributed by atoms with van der Waals surface area (Å²) >= 11 is 0. The van der Waals surface area contributed by atoms with Crippen LogP contribution >= 0.6 is 0 Å². The van der Waals surface area contributed by atoms with E-state index in [2.05, 4.69) is 19.1 Å². The summed E-state index contributed by atoms with van der Waals surface area (Å²) < 4.78 is 7.25. The van der Waals surface area contributed by atoms with Gasteiger partial charge >= 0.3 is 0 Å². The molecule has 0 N–H and O–H groups in total. The van der Waals surface area contributed by atoms with Crippen molar-refractivity contribution >= 4 is 5.91 Å². The fraction of sp³-hybridized carbons (Fsp3) is 0.333. The molecule has 1 aliphatic rings. The van der Waals surface area contributed by atoms with Crippen LogP contribution in [0.15, 0.2) is 60.8 Å². The zero-order valence-electron chi connectivity index (χ0n) is 17.0. The van der Waals surface area contributed by atoms with E-state index >= 15 is 0 Å². The maximum absolute atomic E-state index is 13.5. The van der Waals surface area contributed by atoms with Crippen molar-refractivity contribution in [3.05, 3.63) is 71.9 Å². The standard InChI is InChI=1S/C24H27N3O2/c1-18-9-6-7-14-27(18)24(28)22-17-26(16-19-10-4-3-5-11-19)25-23(22)20-12-8-13-21(15-20)29-2/h3-5,8,10-13,15,17-18H,6-7,9,14,16H2,1-2H3. The summed E-state index contributed by atoms with van der Waals surface area (Å²) in [6.45, 7) is 3.57. The van der Waals surface area contributed by atoms with Gasteiger partial charge in [0.1, 0.15) is 11.4 Å². The number of benzene rings is 2. The van der Waals surface area contributed by atoms with Crippen LogP contribution in [-0.4, -0.2) is 40.3 Å². The molecule has 1 amide bonds. The van der Waals surface area contributed by atoms with Crippen LogP contribution in [-0.2, 0) is 6.54 Å². The Hall–Kier alpha value is -3.08. The monoisotopic (exact) mass is 389 g/mol. The number of carbonyl (C=O) groups is 1. The maximum atomic E-state index is 13.5. The molecule has 1 saturated heterocycles. The second-order valence-corrected chi connectivity index (χ2v) is 7.65. The van der Waals surface area contributed by atoms with Gasteiger partial charge in [0, 0.05) is 24.3 Å². The van der Waals surface area contributed by atoms with Crippen LogP contribution in [0.25, 0.3) is 11.3 Å². The number of nitrogens with zero attached hydrogens (tertiary/aromatic N) is 3. The number of ether oxygens (including phenoxy) is 1. The molecule has 29 heavy (non-hydrogen) atoms. The Kier molecular flexibility index (Phi) is 5.65. The van der Waals surface area contributed by atoms with E-state index in [-0.39, 0.29) is 11.9 Å². The number of hydrogen-bond donors (Lipinski definition) is 0. The van der Waals surface area contributed by atoms with Crippen LogP contribution in [0.4, 0.5) is 0 Å². The first-order valence-electron chi connectivity index (χ1n) is 10.2. The van der Waals surface area contributed by atoms with Crippen molar-refractivity contribution in [2.45, 2.75) is 38.8 Å². The molecule has 0 saturated carbocycles. The lowest BCUT2D eigenvalue weighted by atomic mass is 10.0. The van der Waals surface area contributed by atoms with E-state index in [4.69, 9.17) is 9.84 Å². The predicted molar refractivity (Wildman–Crippen MR) is 114 cm³/mol. The first-order valence-corrected chi connectivity index (χ1v) is 10.2. The van der Waals surface area contributed by atoms with Gasteiger partial charge in [0.15, 0.2) is 0 Å². The van der Waals surface area contributed by atoms with Crippen molar-refractivity contribution in [3.63, 3.8) is 0 Å². The van der Waals surface area contributed by atoms with Crippen molar-refractivity contribution < 1.29 is 9.53 Å². The second kappa shape index (κ2) is 8.52. The third-order valence-corrected chi connectivity index (χ3v) is 5.59. The zero-order valence-corrected chi connectivity index (χ0v) is 17.0. The lowest BCUT2D eigenvalue weighted by molar-refractivity contribution is 0.0636. The molecule has 4 rings (SSSR count). The van der Waals surface area contributed by atoms with Crippen LogP contribution in [0.1, 0.15) is 42.1 Å². The van der Waals surface area contributed by atoms with Crippen molar-refractivity contribution in [3.8, 4) is 17.0 Å². The summed E-state index contributed by atoms with van der Waals surface area (Å²) in [6, 6.07) is 18.2. The van der Waals surface area contributed by atoms with Gasteiger partial charge in [0.25, 0.3) is 5.91 Å². The number of carbonyl (C=O) groups excluding carboxylic acids is 1. The summed E-state index contributed by atoms with van der Waals surface area (Å²) in [5, 5.41) is 4.81. The number of hydrogen-bond acceptors (Lipinski definition) is 3. The Bertz CT molecular complexity index is 981. The number of methoxy groups -OCH3 is 1. The molecular weight excluding hydrogens is 362 g/mol. The third-order valence-electron chi connectivity index (χ3n) is 5.59. The quantitative estimate of drug-likeness (QED) is 0.640. The maximum Gasteiger partial charge on any atom is 0.257 e. The molecule has 150 valence electrons. The highest BCUT2D eigenvalue weighted by Gasteiger charge is 2.28. The van der Waals surface area contributed by atoms with E-state index in [1.165, 1.54) is 6.42 Å². The average Bonchev–Trinajstić information content (AvgIpc) is 3.18. The van der Waals surface area contributed by atoms with Crippen LogP contribution in [0.3, 0.4) is 0 Å². The van der Waals surface area contributed by atoms with Gasteiger partial charge in [-0.2, -0.15) is 5.10 Å². The second-order valence-electron chi connectivity index (χ2n) is 7.65. The predicted octanol–water partition coefficient (Wildman–Crippen LogP) is 4.62.